The molecule has 3 aromatic rings. The number of carbonyl (C=O) groups is 2. The highest BCUT2D eigenvalue weighted by atomic mass is 16.5. The second-order valence-electron chi connectivity index (χ2n) is 7.71. The fourth-order valence-electron chi connectivity index (χ4n) is 3.75. The Morgan fingerprint density at radius 2 is 1.59 bits per heavy atom. The van der Waals surface area contributed by atoms with Crippen molar-refractivity contribution in [2.24, 2.45) is 0 Å². The molecule has 29 heavy (non-hydrogen) atoms. The van der Waals surface area contributed by atoms with Gasteiger partial charge in [0.2, 0.25) is 0 Å². The van der Waals surface area contributed by atoms with Gasteiger partial charge in [0, 0.05) is 17.7 Å². The predicted molar refractivity (Wildman–Crippen MR) is 113 cm³/mol. The van der Waals surface area contributed by atoms with Crippen LogP contribution in [0.1, 0.15) is 54.6 Å². The normalized spacial score (nSPS) is 15.4. The summed E-state index contributed by atoms with van der Waals surface area (Å²) in [4.78, 5) is 25.2. The van der Waals surface area contributed by atoms with Gasteiger partial charge in [-0.3, -0.25) is 4.79 Å². The van der Waals surface area contributed by atoms with Crippen molar-refractivity contribution in [3.63, 3.8) is 0 Å². The van der Waals surface area contributed by atoms with Gasteiger partial charge in [-0.05, 0) is 73.4 Å². The van der Waals surface area contributed by atoms with E-state index in [1.807, 2.05) is 57.2 Å². The molecule has 0 aliphatic carbocycles. The summed E-state index contributed by atoms with van der Waals surface area (Å²) in [6.07, 6.45) is 0.211. The van der Waals surface area contributed by atoms with Gasteiger partial charge in [0.05, 0.1) is 5.56 Å². The smallest absolute Gasteiger partial charge is 0.339 e. The van der Waals surface area contributed by atoms with E-state index in [-0.39, 0.29) is 18.0 Å². The highest BCUT2D eigenvalue weighted by molar-refractivity contribution is 6.05. The molecule has 1 heterocycles. The Labute approximate surface area is 170 Å². The van der Waals surface area contributed by atoms with Gasteiger partial charge < -0.3 is 10.1 Å². The van der Waals surface area contributed by atoms with Crippen LogP contribution < -0.4 is 5.32 Å². The quantitative estimate of drug-likeness (QED) is 0.621. The van der Waals surface area contributed by atoms with Gasteiger partial charge in [-0.15, -0.1) is 0 Å². The van der Waals surface area contributed by atoms with Crippen molar-refractivity contribution in [1.29, 1.82) is 0 Å². The lowest BCUT2D eigenvalue weighted by atomic mass is 9.92. The molecule has 4 heteroatoms. The van der Waals surface area contributed by atoms with E-state index >= 15 is 0 Å². The fourth-order valence-corrected chi connectivity index (χ4v) is 3.75. The molecule has 4 nitrogen and oxygen atoms in total. The van der Waals surface area contributed by atoms with Crippen molar-refractivity contribution in [2.45, 2.75) is 33.3 Å². The minimum Gasteiger partial charge on any atom is -0.454 e. The number of nitrogens with one attached hydrogen (secondary N) is 1. The molecule has 4 rings (SSSR count). The number of fused-ring (bicyclic) bond motifs is 1. The zero-order valence-corrected chi connectivity index (χ0v) is 16.8. The second-order valence-corrected chi connectivity index (χ2v) is 7.71. The number of amides is 1. The second kappa shape index (κ2) is 7.55. The van der Waals surface area contributed by atoms with Gasteiger partial charge in [-0.1, -0.05) is 35.9 Å². The highest BCUT2D eigenvalue weighted by Crippen LogP contribution is 2.31. The SMILES string of the molecule is Cc1ccc([C@@H]2Cc3cc(C(=O)Nc4cc(C)cc(C)c4)ccc3C(=O)O2)cc1. The molecule has 0 saturated carbocycles. The summed E-state index contributed by atoms with van der Waals surface area (Å²) in [7, 11) is 0. The maximum absolute atomic E-state index is 12.8. The van der Waals surface area contributed by atoms with Gasteiger partial charge in [0.25, 0.3) is 5.91 Å². The summed E-state index contributed by atoms with van der Waals surface area (Å²) in [5.41, 5.74) is 6.95. The summed E-state index contributed by atoms with van der Waals surface area (Å²) < 4.78 is 5.62. The molecule has 0 saturated heterocycles. The van der Waals surface area contributed by atoms with Crippen molar-refractivity contribution in [3.8, 4) is 0 Å². The van der Waals surface area contributed by atoms with E-state index in [4.69, 9.17) is 4.74 Å². The molecule has 146 valence electrons. The maximum Gasteiger partial charge on any atom is 0.339 e. The van der Waals surface area contributed by atoms with Crippen LogP contribution in [-0.2, 0) is 11.2 Å². The maximum atomic E-state index is 12.8. The van der Waals surface area contributed by atoms with Gasteiger partial charge in [-0.25, -0.2) is 4.79 Å². The van der Waals surface area contributed by atoms with Crippen LogP contribution in [0, 0.1) is 20.8 Å². The van der Waals surface area contributed by atoms with Crippen molar-refractivity contribution in [1.82, 2.24) is 0 Å². The number of cyclic esters (lactones) is 1. The van der Waals surface area contributed by atoms with Crippen LogP contribution in [0.15, 0.2) is 60.7 Å². The lowest BCUT2D eigenvalue weighted by molar-refractivity contribution is 0.0252. The summed E-state index contributed by atoms with van der Waals surface area (Å²) in [6.45, 7) is 6.02. The molecule has 0 aromatic heterocycles. The Bertz CT molecular complexity index is 1080. The lowest BCUT2D eigenvalue weighted by Crippen LogP contribution is -2.23. The number of benzene rings is 3. The van der Waals surface area contributed by atoms with Crippen LogP contribution in [0.2, 0.25) is 0 Å². The molecular formula is C25H23NO3. The van der Waals surface area contributed by atoms with Crippen LogP contribution >= 0.6 is 0 Å². The monoisotopic (exact) mass is 385 g/mol. The Kier molecular flexibility index (Phi) is 4.93. The van der Waals surface area contributed by atoms with Crippen LogP contribution in [0.4, 0.5) is 5.69 Å². The van der Waals surface area contributed by atoms with Gasteiger partial charge in [-0.2, -0.15) is 0 Å². The van der Waals surface area contributed by atoms with E-state index < -0.39 is 0 Å². The molecule has 1 N–H and O–H groups in total. The Morgan fingerprint density at radius 1 is 0.897 bits per heavy atom. The molecule has 0 radical (unpaired) electrons. The van der Waals surface area contributed by atoms with Crippen molar-refractivity contribution in [3.05, 3.63) is 99.6 Å². The standard InChI is InChI=1S/C25H23NO3/c1-15-4-6-18(7-5-15)23-14-20-13-19(8-9-22(20)25(28)29-23)24(27)26-21-11-16(2)10-17(3)12-21/h4-13,23H,14H2,1-3H3,(H,26,27)/t23-/m0/s1. The van der Waals surface area contributed by atoms with E-state index in [1.54, 1.807) is 18.2 Å². The molecule has 3 aromatic carbocycles. The van der Waals surface area contributed by atoms with E-state index in [2.05, 4.69) is 11.4 Å². The van der Waals surface area contributed by atoms with Crippen LogP contribution in [-0.4, -0.2) is 11.9 Å². The minimum atomic E-state index is -0.349. The van der Waals surface area contributed by atoms with E-state index in [0.29, 0.717) is 17.5 Å². The third-order valence-electron chi connectivity index (χ3n) is 5.17. The number of ether oxygens (including phenoxy) is 1. The average molecular weight is 385 g/mol. The van der Waals surface area contributed by atoms with Gasteiger partial charge in [0.1, 0.15) is 6.10 Å². The number of rotatable bonds is 3. The van der Waals surface area contributed by atoms with E-state index in [0.717, 1.165) is 33.5 Å². The van der Waals surface area contributed by atoms with Gasteiger partial charge >= 0.3 is 5.97 Å². The molecule has 0 spiro atoms. The first-order valence-electron chi connectivity index (χ1n) is 9.69. The highest BCUT2D eigenvalue weighted by Gasteiger charge is 2.28. The Hall–Kier alpha value is -3.40. The first kappa shape index (κ1) is 18.9. The van der Waals surface area contributed by atoms with Gasteiger partial charge in [0.15, 0.2) is 0 Å². The number of esters is 1. The lowest BCUT2D eigenvalue weighted by Gasteiger charge is -2.25. The summed E-state index contributed by atoms with van der Waals surface area (Å²) in [6, 6.07) is 19.1. The third-order valence-corrected chi connectivity index (χ3v) is 5.17. The molecule has 1 aliphatic heterocycles. The first-order valence-corrected chi connectivity index (χ1v) is 9.69. The largest absolute Gasteiger partial charge is 0.454 e. The third kappa shape index (κ3) is 4.06. The van der Waals surface area contributed by atoms with Crippen LogP contribution in [0.3, 0.4) is 0 Å². The first-order chi connectivity index (χ1) is 13.9. The molecule has 1 amide bonds. The molecule has 0 unspecified atom stereocenters. The number of hydrogen-bond donors (Lipinski definition) is 1. The van der Waals surface area contributed by atoms with E-state index in [9.17, 15) is 9.59 Å². The van der Waals surface area contributed by atoms with Crippen LogP contribution in [0.25, 0.3) is 0 Å². The molecular weight excluding hydrogens is 362 g/mol. The summed E-state index contributed by atoms with van der Waals surface area (Å²) >= 11 is 0. The Balaban J connectivity index is 1.59. The van der Waals surface area contributed by atoms with Crippen molar-refractivity contribution in [2.75, 3.05) is 5.32 Å². The predicted octanol–water partition coefficient (Wildman–Crippen LogP) is 5.32. The topological polar surface area (TPSA) is 55.4 Å². The molecule has 0 fully saturated rings. The van der Waals surface area contributed by atoms with Crippen molar-refractivity contribution < 1.29 is 14.3 Å². The summed E-state index contributed by atoms with van der Waals surface area (Å²) in [5, 5.41) is 2.95. The fraction of sp³-hybridized carbons (Fsp3) is 0.200. The van der Waals surface area contributed by atoms with Crippen LogP contribution in [0.5, 0.6) is 0 Å². The molecule has 1 aliphatic rings. The minimum absolute atomic E-state index is 0.191. The Morgan fingerprint density at radius 3 is 2.28 bits per heavy atom. The number of hydrogen-bond acceptors (Lipinski definition) is 3. The van der Waals surface area contributed by atoms with E-state index in [1.165, 1.54) is 0 Å². The number of anilines is 1. The number of carbonyl (C=O) groups excluding carboxylic acids is 2. The average Bonchev–Trinajstić information content (AvgIpc) is 2.67. The molecule has 0 bridgehead atoms. The zero-order valence-electron chi connectivity index (χ0n) is 16.8. The summed E-state index contributed by atoms with van der Waals surface area (Å²) in [5.74, 6) is -0.540. The zero-order chi connectivity index (χ0) is 20.5. The molecule has 1 atom stereocenters. The number of aryl methyl sites for hydroxylation is 3. The van der Waals surface area contributed by atoms with Crippen molar-refractivity contribution >= 4 is 17.6 Å².